The van der Waals surface area contributed by atoms with Crippen LogP contribution in [0.25, 0.3) is 16.6 Å². The summed E-state index contributed by atoms with van der Waals surface area (Å²) >= 11 is 4.98. The Morgan fingerprint density at radius 2 is 1.91 bits per heavy atom. The quantitative estimate of drug-likeness (QED) is 0.453. The van der Waals surface area contributed by atoms with Crippen LogP contribution < -0.4 is 0 Å². The van der Waals surface area contributed by atoms with Crippen LogP contribution in [0.15, 0.2) is 58.0 Å². The average Bonchev–Trinajstić information content (AvgIpc) is 2.85. The summed E-state index contributed by atoms with van der Waals surface area (Å²) in [5.74, 6) is 0.799. The molecule has 120 valence electrons. The van der Waals surface area contributed by atoms with E-state index in [1.807, 2.05) is 42.0 Å². The van der Waals surface area contributed by atoms with Gasteiger partial charge in [-0.3, -0.25) is 0 Å². The fraction of sp³-hybridized carbons (Fsp3) is 0.176. The Hall–Kier alpha value is -1.40. The summed E-state index contributed by atoms with van der Waals surface area (Å²) in [7, 11) is 0. The minimum Gasteiger partial charge on any atom is -0.315 e. The lowest BCUT2D eigenvalue weighted by atomic mass is 10.1. The monoisotopic (exact) mass is 399 g/mol. The maximum absolute atomic E-state index is 13.0. The summed E-state index contributed by atoms with van der Waals surface area (Å²) in [6, 6.07) is 11.6. The first-order valence-electron chi connectivity index (χ1n) is 7.01. The largest absolute Gasteiger partial charge is 0.416 e. The van der Waals surface area contributed by atoms with Crippen LogP contribution in [-0.2, 0) is 6.18 Å². The fourth-order valence-electron chi connectivity index (χ4n) is 2.49. The molecule has 6 heteroatoms. The van der Waals surface area contributed by atoms with Crippen molar-refractivity contribution in [1.82, 2.24) is 4.57 Å². The third-order valence-corrected chi connectivity index (χ3v) is 4.90. The first-order chi connectivity index (χ1) is 10.9. The molecular weight excluding hydrogens is 387 g/mol. The van der Waals surface area contributed by atoms with Crippen LogP contribution >= 0.6 is 27.7 Å². The number of fused-ring (bicyclic) bond motifs is 1. The van der Waals surface area contributed by atoms with Gasteiger partial charge in [0.2, 0.25) is 0 Å². The Labute approximate surface area is 144 Å². The summed E-state index contributed by atoms with van der Waals surface area (Å²) in [5, 5.41) is 0.631. The van der Waals surface area contributed by atoms with Crippen LogP contribution in [0, 0.1) is 0 Å². The zero-order valence-corrected chi connectivity index (χ0v) is 14.6. The zero-order valence-electron chi connectivity index (χ0n) is 12.2. The van der Waals surface area contributed by atoms with Gasteiger partial charge in [-0.2, -0.15) is 13.2 Å². The van der Waals surface area contributed by atoms with E-state index in [-0.39, 0.29) is 0 Å². The van der Waals surface area contributed by atoms with Crippen LogP contribution in [0.2, 0.25) is 0 Å². The lowest BCUT2D eigenvalue weighted by Gasteiger charge is -2.09. The molecule has 23 heavy (non-hydrogen) atoms. The van der Waals surface area contributed by atoms with Crippen molar-refractivity contribution < 1.29 is 13.2 Å². The van der Waals surface area contributed by atoms with E-state index < -0.39 is 11.7 Å². The van der Waals surface area contributed by atoms with Crippen LogP contribution in [0.4, 0.5) is 13.2 Å². The van der Waals surface area contributed by atoms with E-state index >= 15 is 0 Å². The standard InChI is InChI=1S/C17H13BrF3NS/c1-2-23-16-10-22(13-5-3-4-12(18)9-13)15-7-6-11(8-14(15)16)17(19,20)21/h3-10H,2H2,1H3. The number of rotatable bonds is 3. The molecule has 2 aromatic carbocycles. The molecule has 3 aromatic rings. The Morgan fingerprint density at radius 1 is 1.13 bits per heavy atom. The molecule has 1 aromatic heterocycles. The van der Waals surface area contributed by atoms with Gasteiger partial charge >= 0.3 is 6.18 Å². The fourth-order valence-corrected chi connectivity index (χ4v) is 3.68. The average molecular weight is 400 g/mol. The van der Waals surface area contributed by atoms with Gasteiger partial charge in [0.25, 0.3) is 0 Å². The predicted octanol–water partition coefficient (Wildman–Crippen LogP) is 6.52. The van der Waals surface area contributed by atoms with Crippen molar-refractivity contribution in [1.29, 1.82) is 0 Å². The lowest BCUT2D eigenvalue weighted by Crippen LogP contribution is -2.04. The summed E-state index contributed by atoms with van der Waals surface area (Å²) in [6.45, 7) is 1.99. The number of nitrogens with zero attached hydrogens (tertiary/aromatic N) is 1. The molecule has 1 heterocycles. The number of hydrogen-bond acceptors (Lipinski definition) is 1. The highest BCUT2D eigenvalue weighted by atomic mass is 79.9. The van der Waals surface area contributed by atoms with Crippen LogP contribution in [0.1, 0.15) is 12.5 Å². The molecule has 0 atom stereocenters. The van der Waals surface area contributed by atoms with E-state index in [4.69, 9.17) is 0 Å². The Morgan fingerprint density at radius 3 is 2.57 bits per heavy atom. The number of benzene rings is 2. The van der Waals surface area contributed by atoms with Crippen LogP contribution in [-0.4, -0.2) is 10.3 Å². The molecular formula is C17H13BrF3NS. The second-order valence-corrected chi connectivity index (χ2v) is 7.23. The van der Waals surface area contributed by atoms with E-state index in [0.717, 1.165) is 32.4 Å². The molecule has 1 nitrogen and oxygen atoms in total. The van der Waals surface area contributed by atoms with E-state index in [1.54, 1.807) is 17.8 Å². The predicted molar refractivity (Wildman–Crippen MR) is 92.4 cm³/mol. The third kappa shape index (κ3) is 3.28. The third-order valence-electron chi connectivity index (χ3n) is 3.48. The molecule has 0 saturated carbocycles. The summed E-state index contributed by atoms with van der Waals surface area (Å²) in [4.78, 5) is 0.855. The van der Waals surface area contributed by atoms with Gasteiger partial charge in [0.15, 0.2) is 0 Å². The minimum absolute atomic E-state index is 0.616. The molecule has 0 saturated heterocycles. The van der Waals surface area contributed by atoms with Crippen molar-refractivity contribution in [2.24, 2.45) is 0 Å². The van der Waals surface area contributed by atoms with Gasteiger partial charge in [-0.05, 0) is 42.2 Å². The smallest absolute Gasteiger partial charge is 0.315 e. The molecule has 0 aliphatic heterocycles. The highest BCUT2D eigenvalue weighted by molar-refractivity contribution is 9.10. The van der Waals surface area contributed by atoms with E-state index in [9.17, 15) is 13.2 Å². The van der Waals surface area contributed by atoms with E-state index in [2.05, 4.69) is 15.9 Å². The first kappa shape index (κ1) is 16.5. The Bertz CT molecular complexity index is 855. The van der Waals surface area contributed by atoms with Crippen molar-refractivity contribution in [2.75, 3.05) is 5.75 Å². The molecule has 0 amide bonds. The molecule has 0 unspecified atom stereocenters. The summed E-state index contributed by atoms with van der Waals surface area (Å²) in [5.41, 5.74) is 1.06. The Kier molecular flexibility index (Phi) is 4.47. The Balaban J connectivity index is 2.24. The second kappa shape index (κ2) is 6.24. The van der Waals surface area contributed by atoms with Gasteiger partial charge in [-0.15, -0.1) is 11.8 Å². The van der Waals surface area contributed by atoms with E-state index in [1.165, 1.54) is 6.07 Å². The maximum atomic E-state index is 13.0. The highest BCUT2D eigenvalue weighted by Crippen LogP contribution is 2.37. The van der Waals surface area contributed by atoms with Crippen LogP contribution in [0.3, 0.4) is 0 Å². The highest BCUT2D eigenvalue weighted by Gasteiger charge is 2.31. The topological polar surface area (TPSA) is 4.93 Å². The maximum Gasteiger partial charge on any atom is 0.416 e. The molecule has 3 rings (SSSR count). The minimum atomic E-state index is -4.33. The SMILES string of the molecule is CCSc1cn(-c2cccc(Br)c2)c2ccc(C(F)(F)F)cc12. The van der Waals surface area contributed by atoms with Crippen molar-refractivity contribution in [2.45, 2.75) is 18.0 Å². The first-order valence-corrected chi connectivity index (χ1v) is 8.79. The molecule has 0 fully saturated rings. The van der Waals surface area contributed by atoms with E-state index in [0.29, 0.717) is 5.39 Å². The van der Waals surface area contributed by atoms with Gasteiger partial charge in [-0.1, -0.05) is 28.9 Å². The second-order valence-electron chi connectivity index (χ2n) is 5.01. The number of alkyl halides is 3. The van der Waals surface area contributed by atoms with Gasteiger partial charge in [0.05, 0.1) is 11.1 Å². The van der Waals surface area contributed by atoms with Gasteiger partial charge < -0.3 is 4.57 Å². The number of hydrogen-bond donors (Lipinski definition) is 0. The molecule has 0 bridgehead atoms. The molecule has 0 N–H and O–H groups in total. The number of aromatic nitrogens is 1. The van der Waals surface area contributed by atoms with Crippen molar-refractivity contribution in [3.63, 3.8) is 0 Å². The lowest BCUT2D eigenvalue weighted by molar-refractivity contribution is -0.137. The molecule has 0 spiro atoms. The molecule has 0 radical (unpaired) electrons. The van der Waals surface area contributed by atoms with Gasteiger partial charge in [0.1, 0.15) is 0 Å². The van der Waals surface area contributed by atoms with Crippen LogP contribution in [0.5, 0.6) is 0 Å². The molecule has 0 aliphatic rings. The van der Waals surface area contributed by atoms with Crippen molar-refractivity contribution in [3.8, 4) is 5.69 Å². The normalized spacial score (nSPS) is 12.0. The number of thioether (sulfide) groups is 1. The van der Waals surface area contributed by atoms with Gasteiger partial charge in [0, 0.05) is 26.6 Å². The van der Waals surface area contributed by atoms with Crippen molar-refractivity contribution >= 4 is 38.6 Å². The van der Waals surface area contributed by atoms with Gasteiger partial charge in [-0.25, -0.2) is 0 Å². The zero-order chi connectivity index (χ0) is 16.6. The summed E-state index contributed by atoms with van der Waals surface area (Å²) in [6.07, 6.45) is -2.43. The van der Waals surface area contributed by atoms with Crippen molar-refractivity contribution in [3.05, 3.63) is 58.7 Å². The summed E-state index contributed by atoms with van der Waals surface area (Å²) < 4.78 is 41.8. The number of halogens is 4. The molecule has 0 aliphatic carbocycles.